The minimum Gasteiger partial charge on any atom is -0.371 e. The molecule has 7 heteroatoms. The van der Waals surface area contributed by atoms with Gasteiger partial charge in [0.05, 0.1) is 4.92 Å². The van der Waals surface area contributed by atoms with Crippen molar-refractivity contribution in [1.29, 1.82) is 0 Å². The van der Waals surface area contributed by atoms with Crippen molar-refractivity contribution in [3.63, 3.8) is 0 Å². The van der Waals surface area contributed by atoms with Crippen molar-refractivity contribution >= 4 is 17.2 Å². The molecule has 5 rings (SSSR count). The fourth-order valence-electron chi connectivity index (χ4n) is 5.85. The number of hydrogen-bond acceptors (Lipinski definition) is 6. The first-order valence-electron chi connectivity index (χ1n) is 12.6. The maximum atomic E-state index is 11.0. The second kappa shape index (κ2) is 10.0. The zero-order valence-electron chi connectivity index (χ0n) is 20.0. The number of pyridine rings is 1. The third-order valence-corrected chi connectivity index (χ3v) is 7.80. The van der Waals surface area contributed by atoms with E-state index in [1.165, 1.54) is 5.56 Å². The van der Waals surface area contributed by atoms with Gasteiger partial charge < -0.3 is 16.0 Å². The van der Waals surface area contributed by atoms with Crippen LogP contribution in [-0.2, 0) is 0 Å². The first kappa shape index (κ1) is 23.3. The Morgan fingerprint density at radius 1 is 1.00 bits per heavy atom. The van der Waals surface area contributed by atoms with Gasteiger partial charge in [0.1, 0.15) is 5.82 Å². The molecule has 2 heterocycles. The van der Waals surface area contributed by atoms with Crippen molar-refractivity contribution in [2.45, 2.75) is 50.1 Å². The number of nitro groups is 1. The molecule has 7 nitrogen and oxygen atoms in total. The summed E-state index contributed by atoms with van der Waals surface area (Å²) in [6, 6.07) is 21.6. The quantitative estimate of drug-likeness (QED) is 0.357. The molecule has 35 heavy (non-hydrogen) atoms. The van der Waals surface area contributed by atoms with Gasteiger partial charge >= 0.3 is 0 Å². The second-order valence-corrected chi connectivity index (χ2v) is 9.91. The summed E-state index contributed by atoms with van der Waals surface area (Å²) in [5.74, 6) is 1.21. The summed E-state index contributed by atoms with van der Waals surface area (Å²) in [4.78, 5) is 17.7. The molecule has 3 aromatic rings. The summed E-state index contributed by atoms with van der Waals surface area (Å²) in [6.45, 7) is 1.81. The molecule has 1 aromatic heterocycles. The SMILES string of the molecule is N[C@]1(C2CCCN(c3ccc([N+](=O)[O-])cc3)C2)CCCCC1Nc1cc(-c2ccccc2)ccn1. The minimum absolute atomic E-state index is 0.124. The maximum Gasteiger partial charge on any atom is 0.269 e. The van der Waals surface area contributed by atoms with Crippen molar-refractivity contribution in [2.75, 3.05) is 23.3 Å². The fraction of sp³-hybridized carbons (Fsp3) is 0.393. The maximum absolute atomic E-state index is 11.0. The molecule has 0 amide bonds. The van der Waals surface area contributed by atoms with Gasteiger partial charge in [-0.1, -0.05) is 43.2 Å². The number of rotatable bonds is 6. The Kier molecular flexibility index (Phi) is 6.68. The summed E-state index contributed by atoms with van der Waals surface area (Å²) >= 11 is 0. The Bertz CT molecular complexity index is 1150. The molecule has 2 fully saturated rings. The van der Waals surface area contributed by atoms with E-state index >= 15 is 0 Å². The molecule has 2 aliphatic rings. The molecule has 1 aliphatic heterocycles. The first-order chi connectivity index (χ1) is 17.0. The Balaban J connectivity index is 1.34. The van der Waals surface area contributed by atoms with Crippen LogP contribution in [0, 0.1) is 16.0 Å². The van der Waals surface area contributed by atoms with Crippen LogP contribution in [0.2, 0.25) is 0 Å². The van der Waals surface area contributed by atoms with Gasteiger partial charge in [-0.05, 0) is 67.0 Å². The van der Waals surface area contributed by atoms with E-state index in [1.807, 2.05) is 30.5 Å². The van der Waals surface area contributed by atoms with E-state index in [2.05, 4.69) is 45.5 Å². The number of piperidine rings is 1. The van der Waals surface area contributed by atoms with E-state index in [0.29, 0.717) is 5.92 Å². The van der Waals surface area contributed by atoms with E-state index in [4.69, 9.17) is 5.73 Å². The van der Waals surface area contributed by atoms with Crippen molar-refractivity contribution in [1.82, 2.24) is 4.98 Å². The van der Waals surface area contributed by atoms with Gasteiger partial charge in [-0.3, -0.25) is 10.1 Å². The number of non-ortho nitro benzene ring substituents is 1. The average molecular weight is 472 g/mol. The molecule has 0 radical (unpaired) electrons. The van der Waals surface area contributed by atoms with Crippen LogP contribution in [-0.4, -0.2) is 34.6 Å². The lowest BCUT2D eigenvalue weighted by Crippen LogP contribution is -2.64. The number of hydrogen-bond donors (Lipinski definition) is 2. The van der Waals surface area contributed by atoms with Crippen molar-refractivity contribution < 1.29 is 4.92 Å². The monoisotopic (exact) mass is 471 g/mol. The zero-order valence-corrected chi connectivity index (χ0v) is 20.0. The summed E-state index contributed by atoms with van der Waals surface area (Å²) in [5.41, 5.74) is 10.4. The standard InChI is InChI=1S/C28H33N5O2/c29-28(23-9-6-18-32(20-23)24-11-13-25(14-12-24)33(34)35)16-5-4-10-26(28)31-27-19-22(15-17-30-27)21-7-2-1-3-8-21/h1-3,7-8,11-15,17,19,23,26H,4-6,9-10,16,18,20,29H2,(H,30,31)/t23?,26?,28-/m0/s1. The molecule has 3 N–H and O–H groups in total. The Labute approximate surface area is 206 Å². The topological polar surface area (TPSA) is 97.3 Å². The lowest BCUT2D eigenvalue weighted by Gasteiger charge is -2.50. The molecule has 1 saturated carbocycles. The summed E-state index contributed by atoms with van der Waals surface area (Å²) in [5, 5.41) is 14.8. The van der Waals surface area contributed by atoms with E-state index in [-0.39, 0.29) is 22.2 Å². The molecule has 0 spiro atoms. The molecule has 0 bridgehead atoms. The third kappa shape index (κ3) is 5.00. The Hall–Kier alpha value is -3.45. The number of nitro benzene ring substituents is 1. The van der Waals surface area contributed by atoms with Crippen molar-refractivity contribution in [3.05, 3.63) is 83.0 Å². The smallest absolute Gasteiger partial charge is 0.269 e. The lowest BCUT2D eigenvalue weighted by atomic mass is 9.67. The number of nitrogens with two attached hydrogens (primary N) is 1. The minimum atomic E-state index is -0.350. The predicted molar refractivity (Wildman–Crippen MR) is 141 cm³/mol. The van der Waals surface area contributed by atoms with E-state index < -0.39 is 0 Å². The molecule has 1 saturated heterocycles. The predicted octanol–water partition coefficient (Wildman–Crippen LogP) is 5.63. The van der Waals surface area contributed by atoms with Crippen LogP contribution >= 0.6 is 0 Å². The van der Waals surface area contributed by atoms with E-state index in [1.54, 1.807) is 12.1 Å². The molecule has 1 aliphatic carbocycles. The lowest BCUT2D eigenvalue weighted by molar-refractivity contribution is -0.384. The van der Waals surface area contributed by atoms with E-state index in [0.717, 1.165) is 68.7 Å². The van der Waals surface area contributed by atoms with Crippen LogP contribution in [0.4, 0.5) is 17.2 Å². The summed E-state index contributed by atoms with van der Waals surface area (Å²) in [6.07, 6.45) is 8.34. The number of anilines is 2. The average Bonchev–Trinajstić information content (AvgIpc) is 2.91. The third-order valence-electron chi connectivity index (χ3n) is 7.80. The van der Waals surface area contributed by atoms with Crippen LogP contribution in [0.3, 0.4) is 0 Å². The highest BCUT2D eigenvalue weighted by Gasteiger charge is 2.45. The van der Waals surface area contributed by atoms with Gasteiger partial charge in [-0.15, -0.1) is 0 Å². The molecule has 2 aromatic carbocycles. The highest BCUT2D eigenvalue weighted by Crippen LogP contribution is 2.39. The summed E-state index contributed by atoms with van der Waals surface area (Å²) in [7, 11) is 0. The largest absolute Gasteiger partial charge is 0.371 e. The number of aromatic nitrogens is 1. The zero-order chi connectivity index (χ0) is 24.3. The molecule has 182 valence electrons. The fourth-order valence-corrected chi connectivity index (χ4v) is 5.85. The van der Waals surface area contributed by atoms with Gasteiger partial charge in [-0.2, -0.15) is 0 Å². The number of benzene rings is 2. The van der Waals surface area contributed by atoms with Gasteiger partial charge in [0.25, 0.3) is 5.69 Å². The normalized spacial score (nSPS) is 24.7. The van der Waals surface area contributed by atoms with Crippen LogP contribution in [0.1, 0.15) is 38.5 Å². The Morgan fingerprint density at radius 3 is 2.57 bits per heavy atom. The van der Waals surface area contributed by atoms with Gasteiger partial charge in [0.2, 0.25) is 0 Å². The molecule has 3 atom stereocenters. The number of nitrogens with one attached hydrogen (secondary N) is 1. The van der Waals surface area contributed by atoms with Crippen LogP contribution in [0.25, 0.3) is 11.1 Å². The highest BCUT2D eigenvalue weighted by molar-refractivity contribution is 5.66. The van der Waals surface area contributed by atoms with Crippen LogP contribution in [0.15, 0.2) is 72.9 Å². The van der Waals surface area contributed by atoms with Crippen molar-refractivity contribution in [2.24, 2.45) is 11.7 Å². The van der Waals surface area contributed by atoms with Gasteiger partial charge in [0, 0.05) is 48.7 Å². The van der Waals surface area contributed by atoms with E-state index in [9.17, 15) is 10.1 Å². The van der Waals surface area contributed by atoms with Gasteiger partial charge in [0.15, 0.2) is 0 Å². The number of nitrogens with zero attached hydrogens (tertiary/aromatic N) is 3. The van der Waals surface area contributed by atoms with Gasteiger partial charge in [-0.25, -0.2) is 4.98 Å². The second-order valence-electron chi connectivity index (χ2n) is 9.91. The Morgan fingerprint density at radius 2 is 1.80 bits per heavy atom. The molecular formula is C28H33N5O2. The molecule has 2 unspecified atom stereocenters. The van der Waals surface area contributed by atoms with Crippen molar-refractivity contribution in [3.8, 4) is 11.1 Å². The summed E-state index contributed by atoms with van der Waals surface area (Å²) < 4.78 is 0. The molecular weight excluding hydrogens is 438 g/mol. The first-order valence-corrected chi connectivity index (χ1v) is 12.6. The van der Waals surface area contributed by atoms with Crippen LogP contribution < -0.4 is 16.0 Å². The van der Waals surface area contributed by atoms with Crippen LogP contribution in [0.5, 0.6) is 0 Å². The highest BCUT2D eigenvalue weighted by atomic mass is 16.6.